The Kier molecular flexibility index (Phi) is 4.52. The van der Waals surface area contributed by atoms with Crippen LogP contribution in [0.25, 0.3) is 11.1 Å². The van der Waals surface area contributed by atoms with E-state index >= 15 is 0 Å². The zero-order valence-electron chi connectivity index (χ0n) is 15.1. The van der Waals surface area contributed by atoms with E-state index in [1.54, 1.807) is 7.05 Å². The predicted molar refractivity (Wildman–Crippen MR) is 99.6 cm³/mol. The maximum absolute atomic E-state index is 12.3. The number of carboxylic acids is 1. The topological polar surface area (TPSA) is 106 Å². The minimum atomic E-state index is -1.33. The van der Waals surface area contributed by atoms with Gasteiger partial charge in [0, 0.05) is 13.0 Å². The van der Waals surface area contributed by atoms with Crippen LogP contribution in [-0.4, -0.2) is 38.8 Å². The zero-order chi connectivity index (χ0) is 19.7. The highest BCUT2D eigenvalue weighted by molar-refractivity contribution is 5.81. The molecule has 1 heterocycles. The lowest BCUT2D eigenvalue weighted by molar-refractivity contribution is -0.139. The van der Waals surface area contributed by atoms with Gasteiger partial charge in [0.2, 0.25) is 0 Å². The molecular weight excluding hydrogens is 360 g/mol. The molecule has 142 valence electrons. The molecule has 0 saturated carbocycles. The molecule has 28 heavy (non-hydrogen) atoms. The fourth-order valence-electron chi connectivity index (χ4n) is 3.52. The van der Waals surface area contributed by atoms with Gasteiger partial charge >= 0.3 is 12.1 Å². The molecule has 2 N–H and O–H groups in total. The van der Waals surface area contributed by atoms with Gasteiger partial charge in [-0.1, -0.05) is 53.7 Å². The Morgan fingerprint density at radius 1 is 1.14 bits per heavy atom. The van der Waals surface area contributed by atoms with Crippen LogP contribution in [0.5, 0.6) is 0 Å². The second-order valence-electron chi connectivity index (χ2n) is 6.56. The van der Waals surface area contributed by atoms with Gasteiger partial charge in [0.25, 0.3) is 0 Å². The van der Waals surface area contributed by atoms with Crippen molar-refractivity contribution in [1.82, 2.24) is 20.3 Å². The molecule has 8 heteroatoms. The molecule has 1 unspecified atom stereocenters. The van der Waals surface area contributed by atoms with E-state index in [1.165, 1.54) is 10.9 Å². The van der Waals surface area contributed by atoms with Gasteiger partial charge in [0.1, 0.15) is 12.3 Å². The number of carbonyl (C=O) groups excluding carboxylic acids is 1. The molecule has 8 nitrogen and oxygen atoms in total. The summed E-state index contributed by atoms with van der Waals surface area (Å²) in [5.74, 6) is -1.34. The fourth-order valence-corrected chi connectivity index (χ4v) is 3.52. The predicted octanol–water partition coefficient (Wildman–Crippen LogP) is 2.48. The van der Waals surface area contributed by atoms with Crippen LogP contribution in [0.1, 0.15) is 28.8 Å². The van der Waals surface area contributed by atoms with Gasteiger partial charge in [-0.15, -0.1) is 5.10 Å². The van der Waals surface area contributed by atoms with Gasteiger partial charge in [-0.25, -0.2) is 9.59 Å². The summed E-state index contributed by atoms with van der Waals surface area (Å²) in [4.78, 5) is 23.8. The molecule has 0 bridgehead atoms. The Labute approximate surface area is 160 Å². The van der Waals surface area contributed by atoms with Gasteiger partial charge in [-0.05, 0) is 22.3 Å². The van der Waals surface area contributed by atoms with Crippen molar-refractivity contribution >= 4 is 12.1 Å². The maximum Gasteiger partial charge on any atom is 0.408 e. The van der Waals surface area contributed by atoms with E-state index in [4.69, 9.17) is 4.74 Å². The summed E-state index contributed by atoms with van der Waals surface area (Å²) in [6.07, 6.45) is 0.614. The standard InChI is InChI=1S/C20H18N4O4/c1-24-10-17(22-23-24)18(19(25)26)21-20(27)28-11-16-14-8-4-2-6-12(14)13-7-3-5-9-15(13)16/h2-10,16,18H,11H2,1H3,(H,21,27)(H,25,26). The lowest BCUT2D eigenvalue weighted by atomic mass is 9.98. The van der Waals surface area contributed by atoms with Crippen molar-refractivity contribution in [2.45, 2.75) is 12.0 Å². The molecule has 1 aliphatic carbocycles. The van der Waals surface area contributed by atoms with Crippen molar-refractivity contribution in [3.05, 3.63) is 71.5 Å². The number of benzene rings is 2. The van der Waals surface area contributed by atoms with Gasteiger partial charge < -0.3 is 15.2 Å². The number of rotatable bonds is 5. The Hall–Kier alpha value is -3.68. The number of alkyl carbamates (subject to hydrolysis) is 1. The third kappa shape index (κ3) is 3.20. The van der Waals surface area contributed by atoms with E-state index in [-0.39, 0.29) is 18.2 Å². The summed E-state index contributed by atoms with van der Waals surface area (Å²) in [5.41, 5.74) is 4.54. The number of hydrogen-bond donors (Lipinski definition) is 2. The Balaban J connectivity index is 1.48. The van der Waals surface area contributed by atoms with Crippen LogP contribution in [0, 0.1) is 0 Å². The molecule has 0 saturated heterocycles. The molecule has 0 spiro atoms. The number of hydrogen-bond acceptors (Lipinski definition) is 5. The first kappa shape index (κ1) is 17.7. The Bertz CT molecular complexity index is 1000. The third-order valence-corrected chi connectivity index (χ3v) is 4.77. The van der Waals surface area contributed by atoms with Crippen molar-refractivity contribution in [2.75, 3.05) is 6.61 Å². The number of carboxylic acid groups (broad SMARTS) is 1. The third-order valence-electron chi connectivity index (χ3n) is 4.77. The van der Waals surface area contributed by atoms with Crippen LogP contribution < -0.4 is 5.32 Å². The number of aryl methyl sites for hydroxylation is 1. The van der Waals surface area contributed by atoms with E-state index in [1.807, 2.05) is 48.5 Å². The number of fused-ring (bicyclic) bond motifs is 3. The number of aliphatic carboxylic acids is 1. The van der Waals surface area contributed by atoms with Crippen molar-refractivity contribution in [3.8, 4) is 11.1 Å². The number of nitrogens with one attached hydrogen (secondary N) is 1. The Morgan fingerprint density at radius 3 is 2.29 bits per heavy atom. The molecule has 2 aromatic carbocycles. The maximum atomic E-state index is 12.3. The Morgan fingerprint density at radius 2 is 1.75 bits per heavy atom. The minimum absolute atomic E-state index is 0.0991. The van der Waals surface area contributed by atoms with Gasteiger partial charge in [-0.3, -0.25) is 4.68 Å². The highest BCUT2D eigenvalue weighted by Gasteiger charge is 2.30. The number of aromatic nitrogens is 3. The summed E-state index contributed by atoms with van der Waals surface area (Å²) in [6, 6.07) is 14.6. The molecule has 4 rings (SSSR count). The monoisotopic (exact) mass is 378 g/mol. The molecule has 0 aliphatic heterocycles. The minimum Gasteiger partial charge on any atom is -0.479 e. The first-order valence-corrected chi connectivity index (χ1v) is 8.75. The van der Waals surface area contributed by atoms with E-state index in [2.05, 4.69) is 15.6 Å². The van der Waals surface area contributed by atoms with Crippen LogP contribution in [0.2, 0.25) is 0 Å². The largest absolute Gasteiger partial charge is 0.479 e. The van der Waals surface area contributed by atoms with Crippen molar-refractivity contribution in [3.63, 3.8) is 0 Å². The van der Waals surface area contributed by atoms with E-state index in [0.29, 0.717) is 0 Å². The number of carbonyl (C=O) groups is 2. The van der Waals surface area contributed by atoms with E-state index < -0.39 is 18.1 Å². The lowest BCUT2D eigenvalue weighted by Crippen LogP contribution is -2.35. The van der Waals surface area contributed by atoms with Crippen LogP contribution >= 0.6 is 0 Å². The van der Waals surface area contributed by atoms with Gasteiger partial charge in [0.05, 0.1) is 6.20 Å². The van der Waals surface area contributed by atoms with E-state index in [0.717, 1.165) is 22.3 Å². The highest BCUT2D eigenvalue weighted by atomic mass is 16.5. The van der Waals surface area contributed by atoms with Crippen molar-refractivity contribution in [2.24, 2.45) is 7.05 Å². The van der Waals surface area contributed by atoms with Crippen LogP contribution in [0.4, 0.5) is 4.79 Å². The van der Waals surface area contributed by atoms with Gasteiger partial charge in [0.15, 0.2) is 6.04 Å². The summed E-state index contributed by atoms with van der Waals surface area (Å²) in [6.45, 7) is 0.104. The summed E-state index contributed by atoms with van der Waals surface area (Å²) < 4.78 is 6.75. The summed E-state index contributed by atoms with van der Waals surface area (Å²) in [7, 11) is 1.61. The normalized spacial score (nSPS) is 13.5. The smallest absolute Gasteiger partial charge is 0.408 e. The molecule has 1 amide bonds. The fraction of sp³-hybridized carbons (Fsp3) is 0.200. The van der Waals surface area contributed by atoms with Crippen LogP contribution in [-0.2, 0) is 16.6 Å². The molecule has 0 radical (unpaired) electrons. The second kappa shape index (κ2) is 7.15. The average Bonchev–Trinajstić information content (AvgIpc) is 3.26. The second-order valence-corrected chi connectivity index (χ2v) is 6.56. The van der Waals surface area contributed by atoms with Crippen molar-refractivity contribution in [1.29, 1.82) is 0 Å². The van der Waals surface area contributed by atoms with Crippen molar-refractivity contribution < 1.29 is 19.4 Å². The van der Waals surface area contributed by atoms with Crippen LogP contribution in [0.15, 0.2) is 54.7 Å². The molecule has 3 aromatic rings. The first-order chi connectivity index (χ1) is 13.5. The number of ether oxygens (including phenoxy) is 1. The van der Waals surface area contributed by atoms with E-state index in [9.17, 15) is 14.7 Å². The quantitative estimate of drug-likeness (QED) is 0.706. The van der Waals surface area contributed by atoms with Crippen LogP contribution in [0.3, 0.4) is 0 Å². The number of amides is 1. The SMILES string of the molecule is Cn1cc(C(NC(=O)OCC2c3ccccc3-c3ccccc32)C(=O)O)nn1. The molecule has 0 fully saturated rings. The summed E-state index contributed by atoms with van der Waals surface area (Å²) in [5, 5.41) is 19.2. The first-order valence-electron chi connectivity index (χ1n) is 8.75. The highest BCUT2D eigenvalue weighted by Crippen LogP contribution is 2.44. The molecule has 1 aliphatic rings. The number of nitrogens with zero attached hydrogens (tertiary/aromatic N) is 3. The van der Waals surface area contributed by atoms with Gasteiger partial charge in [-0.2, -0.15) is 0 Å². The summed E-state index contributed by atoms with van der Waals surface area (Å²) >= 11 is 0. The molecular formula is C20H18N4O4. The zero-order valence-corrected chi connectivity index (χ0v) is 15.1. The lowest BCUT2D eigenvalue weighted by Gasteiger charge is -2.16. The average molecular weight is 378 g/mol. The molecule has 1 atom stereocenters. The molecule has 1 aromatic heterocycles.